The minimum Gasteiger partial charge on any atom is -0.354 e. The van der Waals surface area contributed by atoms with Crippen molar-refractivity contribution in [3.05, 3.63) is 54.4 Å². The van der Waals surface area contributed by atoms with Gasteiger partial charge in [0.15, 0.2) is 11.5 Å². The zero-order chi connectivity index (χ0) is 20.9. The van der Waals surface area contributed by atoms with Crippen molar-refractivity contribution < 1.29 is 26.7 Å². The fraction of sp³-hybridized carbons (Fsp3) is 0.389. The maximum Gasteiger partial charge on any atom is 0.435 e. The molecule has 0 bridgehead atoms. The van der Waals surface area contributed by atoms with Gasteiger partial charge in [-0.05, 0) is 24.6 Å². The maximum absolute atomic E-state index is 13.6. The third kappa shape index (κ3) is 5.37. The van der Waals surface area contributed by atoms with Crippen molar-refractivity contribution in [1.29, 1.82) is 0 Å². The molecular weight excluding hydrogens is 383 g/mol. The van der Waals surface area contributed by atoms with Gasteiger partial charge in [0.1, 0.15) is 0 Å². The first kappa shape index (κ1) is 21.5. The smallest absolute Gasteiger partial charge is 0.354 e. The van der Waals surface area contributed by atoms with Crippen molar-refractivity contribution in [3.63, 3.8) is 0 Å². The Morgan fingerprint density at radius 2 is 1.93 bits per heavy atom. The fourth-order valence-electron chi connectivity index (χ4n) is 2.69. The number of allylic oxidation sites excluding steroid dienone is 3. The first-order chi connectivity index (χ1) is 13.1. The first-order valence-corrected chi connectivity index (χ1v) is 8.41. The van der Waals surface area contributed by atoms with Crippen molar-refractivity contribution in [2.24, 2.45) is 0 Å². The molecule has 1 N–H and O–H groups in total. The average molecular weight is 402 g/mol. The highest BCUT2D eigenvalue weighted by molar-refractivity contribution is 6.00. The molecule has 10 heteroatoms. The van der Waals surface area contributed by atoms with E-state index >= 15 is 0 Å². The van der Waals surface area contributed by atoms with Crippen molar-refractivity contribution in [2.75, 3.05) is 18.0 Å². The number of amides is 1. The van der Waals surface area contributed by atoms with Gasteiger partial charge in [0.25, 0.3) is 5.91 Å². The van der Waals surface area contributed by atoms with Gasteiger partial charge in [-0.1, -0.05) is 19.2 Å². The summed E-state index contributed by atoms with van der Waals surface area (Å²) in [6.45, 7) is 6.91. The molecule has 1 aliphatic rings. The monoisotopic (exact) mass is 402 g/mol. The summed E-state index contributed by atoms with van der Waals surface area (Å²) in [7, 11) is 0. The molecule has 1 amide bonds. The highest BCUT2D eigenvalue weighted by Crippen LogP contribution is 2.33. The van der Waals surface area contributed by atoms with E-state index < -0.39 is 35.7 Å². The Labute approximate surface area is 158 Å². The Morgan fingerprint density at radius 3 is 2.54 bits per heavy atom. The molecule has 152 valence electrons. The Kier molecular flexibility index (Phi) is 6.52. The summed E-state index contributed by atoms with van der Waals surface area (Å²) in [4.78, 5) is 14.0. The molecule has 2 heterocycles. The molecule has 1 aliphatic heterocycles. The molecule has 2 rings (SSSR count). The highest BCUT2D eigenvalue weighted by atomic mass is 19.4. The second-order valence-electron chi connectivity index (χ2n) is 6.18. The number of rotatable bonds is 5. The quantitative estimate of drug-likeness (QED) is 0.595. The first-order valence-electron chi connectivity index (χ1n) is 8.41. The van der Waals surface area contributed by atoms with Gasteiger partial charge in [0.05, 0.1) is 5.56 Å². The average Bonchev–Trinajstić information content (AvgIpc) is 2.80. The summed E-state index contributed by atoms with van der Waals surface area (Å²) in [5, 5.41) is 9.08. The molecular formula is C18H19F5N4O. The molecule has 0 aliphatic carbocycles. The number of aromatic nitrogens is 2. The van der Waals surface area contributed by atoms with E-state index in [1.54, 1.807) is 0 Å². The summed E-state index contributed by atoms with van der Waals surface area (Å²) in [6.07, 6.45) is -1.51. The molecule has 0 spiro atoms. The van der Waals surface area contributed by atoms with E-state index in [1.165, 1.54) is 23.1 Å². The van der Waals surface area contributed by atoms with Gasteiger partial charge in [-0.15, -0.1) is 10.2 Å². The van der Waals surface area contributed by atoms with E-state index in [9.17, 15) is 26.7 Å². The minimum absolute atomic E-state index is 0.102. The number of anilines is 1. The van der Waals surface area contributed by atoms with Crippen LogP contribution in [-0.2, 0) is 6.18 Å². The molecule has 28 heavy (non-hydrogen) atoms. The Hall–Kier alpha value is -2.78. The zero-order valence-electron chi connectivity index (χ0n) is 14.9. The van der Waals surface area contributed by atoms with Gasteiger partial charge in [-0.2, -0.15) is 13.2 Å². The molecule has 0 unspecified atom stereocenters. The summed E-state index contributed by atoms with van der Waals surface area (Å²) in [5.74, 6) is -3.94. The number of hydrogen-bond donors (Lipinski definition) is 1. The van der Waals surface area contributed by atoms with Crippen LogP contribution in [0.4, 0.5) is 27.8 Å². The summed E-state index contributed by atoms with van der Waals surface area (Å²) in [5.41, 5.74) is -1.56. The second-order valence-corrected chi connectivity index (χ2v) is 6.18. The number of carbonyl (C=O) groups excluding carboxylic acids is 1. The van der Waals surface area contributed by atoms with E-state index in [0.29, 0.717) is 6.07 Å². The zero-order valence-corrected chi connectivity index (χ0v) is 14.9. The van der Waals surface area contributed by atoms with Crippen molar-refractivity contribution >= 4 is 11.7 Å². The van der Waals surface area contributed by atoms with Crippen molar-refractivity contribution in [3.8, 4) is 0 Å². The third-order valence-corrected chi connectivity index (χ3v) is 4.10. The molecule has 1 fully saturated rings. The molecule has 1 aromatic heterocycles. The second kappa shape index (κ2) is 8.49. The van der Waals surface area contributed by atoms with Crippen LogP contribution in [0.5, 0.6) is 0 Å². The van der Waals surface area contributed by atoms with Gasteiger partial charge in [0, 0.05) is 31.6 Å². The predicted molar refractivity (Wildman–Crippen MR) is 94.0 cm³/mol. The van der Waals surface area contributed by atoms with Crippen molar-refractivity contribution in [1.82, 2.24) is 15.5 Å². The van der Waals surface area contributed by atoms with Gasteiger partial charge < -0.3 is 10.2 Å². The summed E-state index contributed by atoms with van der Waals surface area (Å²) < 4.78 is 66.3. The van der Waals surface area contributed by atoms with E-state index in [4.69, 9.17) is 0 Å². The maximum atomic E-state index is 13.6. The Bertz CT molecular complexity index is 789. The van der Waals surface area contributed by atoms with Crippen molar-refractivity contribution in [2.45, 2.75) is 31.4 Å². The number of nitrogens with one attached hydrogen (secondary N) is 1. The molecule has 5 nitrogen and oxygen atoms in total. The molecule has 0 atom stereocenters. The van der Waals surface area contributed by atoms with E-state index in [1.807, 2.05) is 0 Å². The van der Waals surface area contributed by atoms with E-state index in [2.05, 4.69) is 28.7 Å². The lowest BCUT2D eigenvalue weighted by Crippen LogP contribution is -2.32. The number of nitrogens with zero attached hydrogens (tertiary/aromatic N) is 3. The van der Waals surface area contributed by atoms with Crippen LogP contribution in [-0.4, -0.2) is 35.1 Å². The number of hydrogen-bond acceptors (Lipinski definition) is 4. The Balaban J connectivity index is 2.44. The Morgan fingerprint density at radius 1 is 1.21 bits per heavy atom. The third-order valence-electron chi connectivity index (χ3n) is 4.10. The molecule has 0 aromatic carbocycles. The lowest BCUT2D eigenvalue weighted by molar-refractivity contribution is -0.141. The van der Waals surface area contributed by atoms with E-state index in [0.717, 1.165) is 0 Å². The topological polar surface area (TPSA) is 58.1 Å². The number of alkyl halides is 5. The van der Waals surface area contributed by atoms with Crippen LogP contribution in [0.1, 0.15) is 35.3 Å². The van der Waals surface area contributed by atoms with Crippen LogP contribution in [0.2, 0.25) is 0 Å². The number of halogens is 5. The summed E-state index contributed by atoms with van der Waals surface area (Å²) in [6, 6.07) is 0.565. The normalized spacial score (nSPS) is 17.6. The fourth-order valence-corrected chi connectivity index (χ4v) is 2.69. The van der Waals surface area contributed by atoms with Gasteiger partial charge in [-0.3, -0.25) is 4.79 Å². The summed E-state index contributed by atoms with van der Waals surface area (Å²) >= 11 is 0. The van der Waals surface area contributed by atoms with Crippen LogP contribution in [0, 0.1) is 0 Å². The molecule has 0 radical (unpaired) electrons. The van der Waals surface area contributed by atoms with Gasteiger partial charge >= 0.3 is 6.18 Å². The SMILES string of the molecule is C=C/C=C(\C=C)NC(=O)c1cc(C(F)(F)F)nnc1N1CCCC(F)(F)CC1. The van der Waals surface area contributed by atoms with Crippen LogP contribution < -0.4 is 10.2 Å². The van der Waals surface area contributed by atoms with Crippen LogP contribution in [0.25, 0.3) is 0 Å². The number of carbonyl (C=O) groups is 1. The molecule has 1 saturated heterocycles. The van der Waals surface area contributed by atoms with Gasteiger partial charge in [-0.25, -0.2) is 8.78 Å². The van der Waals surface area contributed by atoms with Crippen LogP contribution in [0.15, 0.2) is 43.1 Å². The van der Waals surface area contributed by atoms with Gasteiger partial charge in [0.2, 0.25) is 5.92 Å². The molecule has 1 aromatic rings. The predicted octanol–water partition coefficient (Wildman–Crippen LogP) is 4.11. The largest absolute Gasteiger partial charge is 0.435 e. The minimum atomic E-state index is -4.81. The van der Waals surface area contributed by atoms with Crippen LogP contribution >= 0.6 is 0 Å². The lowest BCUT2D eigenvalue weighted by atomic mass is 10.1. The lowest BCUT2D eigenvalue weighted by Gasteiger charge is -2.24. The molecule has 0 saturated carbocycles. The van der Waals surface area contributed by atoms with Crippen LogP contribution in [0.3, 0.4) is 0 Å². The van der Waals surface area contributed by atoms with E-state index in [-0.39, 0.29) is 37.4 Å². The highest BCUT2D eigenvalue weighted by Gasteiger charge is 2.37. The standard InChI is InChI=1S/C18H19F5N4O/c1-3-6-12(4-2)24-16(28)13-11-14(18(21,22)23)25-26-15(13)27-9-5-7-17(19,20)8-10-27/h3-4,6,11H,1-2,5,7-10H2,(H,24,28)/b12-6+.